The maximum atomic E-state index is 15.0. The SMILES string of the molecule is Fc1cccc2cccc(-c3cnccc3-c3ccncc3-c3cccc4cccc(F)c34)c12. The molecule has 0 aliphatic carbocycles. The van der Waals surface area contributed by atoms with Crippen LogP contribution in [0.1, 0.15) is 0 Å². The Hall–Kier alpha value is -4.44. The zero-order valence-electron chi connectivity index (χ0n) is 18.0. The molecule has 162 valence electrons. The number of hydrogen-bond donors (Lipinski definition) is 0. The van der Waals surface area contributed by atoms with E-state index in [0.29, 0.717) is 10.8 Å². The molecule has 4 aromatic carbocycles. The van der Waals surface area contributed by atoms with Crippen molar-refractivity contribution in [1.82, 2.24) is 9.97 Å². The van der Waals surface area contributed by atoms with Gasteiger partial charge in [0.2, 0.25) is 0 Å². The summed E-state index contributed by atoms with van der Waals surface area (Å²) in [7, 11) is 0. The molecule has 0 aliphatic rings. The molecule has 34 heavy (non-hydrogen) atoms. The molecule has 0 unspecified atom stereocenters. The second kappa shape index (κ2) is 8.16. The lowest BCUT2D eigenvalue weighted by atomic mass is 9.88. The van der Waals surface area contributed by atoms with Crippen molar-refractivity contribution in [3.63, 3.8) is 0 Å². The molecular formula is C30H18F2N2. The third kappa shape index (κ3) is 3.23. The van der Waals surface area contributed by atoms with Crippen molar-refractivity contribution in [1.29, 1.82) is 0 Å². The van der Waals surface area contributed by atoms with Crippen molar-refractivity contribution in [2.75, 3.05) is 0 Å². The summed E-state index contributed by atoms with van der Waals surface area (Å²) in [6, 6.07) is 25.4. The third-order valence-corrected chi connectivity index (χ3v) is 6.22. The molecule has 0 saturated carbocycles. The van der Waals surface area contributed by atoms with Crippen molar-refractivity contribution in [3.05, 3.63) is 121 Å². The number of rotatable bonds is 3. The first-order valence-electron chi connectivity index (χ1n) is 11.0. The number of benzene rings is 4. The minimum atomic E-state index is -0.283. The Bertz CT molecular complexity index is 1550. The molecule has 2 heterocycles. The van der Waals surface area contributed by atoms with Gasteiger partial charge in [0.1, 0.15) is 11.6 Å². The first-order valence-corrected chi connectivity index (χ1v) is 11.0. The molecule has 0 fully saturated rings. The van der Waals surface area contributed by atoms with Gasteiger partial charge in [-0.3, -0.25) is 9.97 Å². The van der Waals surface area contributed by atoms with Crippen LogP contribution in [0, 0.1) is 11.6 Å². The molecular weight excluding hydrogens is 426 g/mol. The summed E-state index contributed by atoms with van der Waals surface area (Å²) in [5.41, 5.74) is 4.85. The molecule has 2 nitrogen and oxygen atoms in total. The fraction of sp³-hybridized carbons (Fsp3) is 0. The van der Waals surface area contributed by atoms with Crippen LogP contribution in [0.25, 0.3) is 54.9 Å². The Morgan fingerprint density at radius 3 is 1.26 bits per heavy atom. The summed E-state index contributed by atoms with van der Waals surface area (Å²) in [5, 5.41) is 2.73. The number of halogens is 2. The number of fused-ring (bicyclic) bond motifs is 2. The number of nitrogens with zero attached hydrogens (tertiary/aromatic N) is 2. The van der Waals surface area contributed by atoms with Gasteiger partial charge in [-0.15, -0.1) is 0 Å². The van der Waals surface area contributed by atoms with E-state index in [1.165, 1.54) is 12.1 Å². The maximum absolute atomic E-state index is 15.0. The van der Waals surface area contributed by atoms with Gasteiger partial charge in [-0.05, 0) is 57.3 Å². The fourth-order valence-corrected chi connectivity index (χ4v) is 4.73. The van der Waals surface area contributed by atoms with Crippen molar-refractivity contribution in [2.24, 2.45) is 0 Å². The van der Waals surface area contributed by atoms with E-state index >= 15 is 0 Å². The molecule has 0 saturated heterocycles. The lowest BCUT2D eigenvalue weighted by Gasteiger charge is -2.16. The summed E-state index contributed by atoms with van der Waals surface area (Å²) in [5.74, 6) is -0.567. The van der Waals surface area contributed by atoms with E-state index in [1.54, 1.807) is 36.9 Å². The van der Waals surface area contributed by atoms with Crippen LogP contribution < -0.4 is 0 Å². The molecule has 6 rings (SSSR count). The minimum absolute atomic E-state index is 0.283. The van der Waals surface area contributed by atoms with E-state index in [2.05, 4.69) is 9.97 Å². The standard InChI is InChI=1S/C30H18F2N2/c31-27-11-3-7-19-5-1-9-23(29(19)27)25-17-33-15-13-21(25)22-14-16-34-18-26(22)24-10-2-6-20-8-4-12-28(32)30(20)24/h1-18H. The van der Waals surface area contributed by atoms with Gasteiger partial charge in [0, 0.05) is 46.7 Å². The molecule has 0 aliphatic heterocycles. The zero-order chi connectivity index (χ0) is 23.1. The summed E-state index contributed by atoms with van der Waals surface area (Å²) in [4.78, 5) is 8.70. The molecule has 0 radical (unpaired) electrons. The summed E-state index contributed by atoms with van der Waals surface area (Å²) >= 11 is 0. The van der Waals surface area contributed by atoms with Gasteiger partial charge >= 0.3 is 0 Å². The van der Waals surface area contributed by atoms with Gasteiger partial charge in [0.15, 0.2) is 0 Å². The predicted octanol–water partition coefficient (Wildman–Crippen LogP) is 8.06. The van der Waals surface area contributed by atoms with E-state index in [9.17, 15) is 8.78 Å². The van der Waals surface area contributed by atoms with Crippen LogP contribution in [0.5, 0.6) is 0 Å². The van der Waals surface area contributed by atoms with Crippen LogP contribution in [-0.4, -0.2) is 9.97 Å². The monoisotopic (exact) mass is 444 g/mol. The highest BCUT2D eigenvalue weighted by molar-refractivity contribution is 6.04. The lowest BCUT2D eigenvalue weighted by molar-refractivity contribution is 0.639. The van der Waals surface area contributed by atoms with Gasteiger partial charge in [-0.2, -0.15) is 0 Å². The quantitative estimate of drug-likeness (QED) is 0.276. The molecule has 0 spiro atoms. The second-order valence-electron chi connectivity index (χ2n) is 8.13. The van der Waals surface area contributed by atoms with Crippen LogP contribution in [-0.2, 0) is 0 Å². The zero-order valence-corrected chi connectivity index (χ0v) is 18.0. The van der Waals surface area contributed by atoms with Crippen molar-refractivity contribution < 1.29 is 8.78 Å². The average molecular weight is 444 g/mol. The predicted molar refractivity (Wildman–Crippen MR) is 133 cm³/mol. The Kier molecular flexibility index (Phi) is 4.84. The topological polar surface area (TPSA) is 25.8 Å². The molecule has 4 heteroatoms. The molecule has 0 N–H and O–H groups in total. The van der Waals surface area contributed by atoms with Gasteiger partial charge in [-0.25, -0.2) is 8.78 Å². The highest BCUT2D eigenvalue weighted by Crippen LogP contribution is 2.41. The minimum Gasteiger partial charge on any atom is -0.264 e. The van der Waals surface area contributed by atoms with Crippen molar-refractivity contribution >= 4 is 21.5 Å². The van der Waals surface area contributed by atoms with Gasteiger partial charge in [-0.1, -0.05) is 60.7 Å². The van der Waals surface area contributed by atoms with Crippen LogP contribution in [0.15, 0.2) is 110 Å². The van der Waals surface area contributed by atoms with E-state index in [-0.39, 0.29) is 11.6 Å². The number of hydrogen-bond acceptors (Lipinski definition) is 2. The average Bonchev–Trinajstić information content (AvgIpc) is 2.88. The summed E-state index contributed by atoms with van der Waals surface area (Å²) in [6.45, 7) is 0. The van der Waals surface area contributed by atoms with Crippen LogP contribution >= 0.6 is 0 Å². The van der Waals surface area contributed by atoms with Crippen LogP contribution in [0.2, 0.25) is 0 Å². The first kappa shape index (κ1) is 20.2. The molecule has 6 aromatic rings. The molecule has 0 bridgehead atoms. The molecule has 0 atom stereocenters. The maximum Gasteiger partial charge on any atom is 0.131 e. The van der Waals surface area contributed by atoms with Crippen LogP contribution in [0.4, 0.5) is 8.78 Å². The number of aromatic nitrogens is 2. The Labute approximate surface area is 195 Å². The van der Waals surface area contributed by atoms with Gasteiger partial charge in [0.25, 0.3) is 0 Å². The largest absolute Gasteiger partial charge is 0.264 e. The Morgan fingerprint density at radius 1 is 0.412 bits per heavy atom. The van der Waals surface area contributed by atoms with Crippen molar-refractivity contribution in [3.8, 4) is 33.4 Å². The van der Waals surface area contributed by atoms with Gasteiger partial charge in [0.05, 0.1) is 0 Å². The normalized spacial score (nSPS) is 11.2. The Morgan fingerprint density at radius 2 is 0.824 bits per heavy atom. The Balaban J connectivity index is 1.65. The van der Waals surface area contributed by atoms with Gasteiger partial charge < -0.3 is 0 Å². The molecule has 0 amide bonds. The van der Waals surface area contributed by atoms with Crippen LogP contribution in [0.3, 0.4) is 0 Å². The highest BCUT2D eigenvalue weighted by Gasteiger charge is 2.18. The van der Waals surface area contributed by atoms with Crippen molar-refractivity contribution in [2.45, 2.75) is 0 Å². The summed E-state index contributed by atoms with van der Waals surface area (Å²) in [6.07, 6.45) is 6.94. The van der Waals surface area contributed by atoms with E-state index in [1.807, 2.05) is 60.7 Å². The number of pyridine rings is 2. The van der Waals surface area contributed by atoms with E-state index in [0.717, 1.165) is 44.2 Å². The third-order valence-electron chi connectivity index (χ3n) is 6.22. The van der Waals surface area contributed by atoms with E-state index < -0.39 is 0 Å². The molecule has 2 aromatic heterocycles. The first-order chi connectivity index (χ1) is 16.7. The fourth-order valence-electron chi connectivity index (χ4n) is 4.73. The highest BCUT2D eigenvalue weighted by atomic mass is 19.1. The smallest absolute Gasteiger partial charge is 0.131 e. The lowest BCUT2D eigenvalue weighted by Crippen LogP contribution is -1.94. The van der Waals surface area contributed by atoms with E-state index in [4.69, 9.17) is 0 Å². The second-order valence-corrected chi connectivity index (χ2v) is 8.13. The summed E-state index contributed by atoms with van der Waals surface area (Å²) < 4.78 is 29.9.